The van der Waals surface area contributed by atoms with Gasteiger partial charge in [-0.1, -0.05) is 121 Å². The molecule has 0 saturated carbocycles. The Bertz CT molecular complexity index is 1730. The van der Waals surface area contributed by atoms with E-state index in [-0.39, 0.29) is 19.3 Å². The van der Waals surface area contributed by atoms with Crippen molar-refractivity contribution >= 4 is 22.7 Å². The molecule has 1 N–H and O–H groups in total. The molecule has 0 saturated heterocycles. The van der Waals surface area contributed by atoms with Crippen LogP contribution in [0, 0.1) is 0 Å². The minimum atomic E-state index is -1.61. The van der Waals surface area contributed by atoms with Crippen LogP contribution in [-0.2, 0) is 23.7 Å². The van der Waals surface area contributed by atoms with Gasteiger partial charge >= 0.3 is 5.97 Å². The Morgan fingerprint density at radius 1 is 0.625 bits per heavy atom. The van der Waals surface area contributed by atoms with E-state index >= 15 is 0 Å². The van der Waals surface area contributed by atoms with Crippen LogP contribution in [0.4, 0.5) is 0 Å². The lowest BCUT2D eigenvalue weighted by Gasteiger charge is -2.58. The predicted molar refractivity (Wildman–Crippen MR) is 188 cm³/mol. The van der Waals surface area contributed by atoms with Crippen LogP contribution in [0.5, 0.6) is 0 Å². The van der Waals surface area contributed by atoms with E-state index in [1.165, 1.54) is 0 Å². The van der Waals surface area contributed by atoms with Gasteiger partial charge in [0.15, 0.2) is 11.4 Å². The summed E-state index contributed by atoms with van der Waals surface area (Å²) in [7, 11) is 6.47. The Kier molecular flexibility index (Phi) is 9.38. The molecule has 6 rings (SSSR count). The Balaban J connectivity index is 1.54. The van der Waals surface area contributed by atoms with Gasteiger partial charge in [-0.2, -0.15) is 0 Å². The van der Waals surface area contributed by atoms with Crippen molar-refractivity contribution in [3.8, 4) is 0 Å². The normalized spacial score (nSPS) is 25.3. The first kappa shape index (κ1) is 33.0. The molecular weight excluding hydrogens is 602 g/mol. The molecule has 0 aliphatic heterocycles. The molecular formula is C41H41NO6. The van der Waals surface area contributed by atoms with Crippen molar-refractivity contribution in [3.05, 3.63) is 162 Å². The molecule has 0 amide bonds. The van der Waals surface area contributed by atoms with E-state index in [0.29, 0.717) is 11.5 Å². The van der Waals surface area contributed by atoms with Gasteiger partial charge in [-0.05, 0) is 40.8 Å². The van der Waals surface area contributed by atoms with Crippen LogP contribution in [-0.4, -0.2) is 61.4 Å². The molecule has 0 fully saturated rings. The van der Waals surface area contributed by atoms with E-state index in [1.54, 1.807) is 34.5 Å². The lowest BCUT2D eigenvalue weighted by Crippen LogP contribution is -2.72. The average molecular weight is 644 g/mol. The van der Waals surface area contributed by atoms with Gasteiger partial charge in [-0.15, -0.1) is 0 Å². The third kappa shape index (κ3) is 5.75. The van der Waals surface area contributed by atoms with Gasteiger partial charge < -0.3 is 24.1 Å². The van der Waals surface area contributed by atoms with Crippen LogP contribution >= 0.6 is 0 Å². The Morgan fingerprint density at radius 3 is 1.42 bits per heavy atom. The van der Waals surface area contributed by atoms with Crippen LogP contribution in [0.3, 0.4) is 0 Å². The lowest BCUT2D eigenvalue weighted by atomic mass is 9.77. The zero-order valence-corrected chi connectivity index (χ0v) is 27.8. The van der Waals surface area contributed by atoms with Crippen LogP contribution in [0.1, 0.15) is 36.0 Å². The van der Waals surface area contributed by atoms with Crippen molar-refractivity contribution in [1.82, 2.24) is 4.90 Å². The largest absolute Gasteiger partial charge is 0.500 e. The number of allylic oxidation sites excluding steroid dienone is 6. The molecule has 48 heavy (non-hydrogen) atoms. The highest BCUT2D eigenvalue weighted by molar-refractivity contribution is 5.87. The number of hydrogen-bond donors (Lipinski definition) is 1. The second-order valence-corrected chi connectivity index (χ2v) is 12.1. The average Bonchev–Trinajstić information content (AvgIpc) is 3.16. The van der Waals surface area contributed by atoms with Gasteiger partial charge in [0.2, 0.25) is 0 Å². The topological polar surface area (TPSA) is 77.5 Å². The van der Waals surface area contributed by atoms with Crippen LogP contribution in [0.2, 0.25) is 0 Å². The van der Waals surface area contributed by atoms with E-state index in [1.807, 2.05) is 132 Å². The molecule has 0 spiro atoms. The Hall–Kier alpha value is -4.95. The number of carboxylic acids is 1. The zero-order chi connectivity index (χ0) is 33.8. The summed E-state index contributed by atoms with van der Waals surface area (Å²) in [6.45, 7) is 0. The first-order chi connectivity index (χ1) is 23.3. The summed E-state index contributed by atoms with van der Waals surface area (Å²) in [5.41, 5.74) is 1.46. The van der Waals surface area contributed by atoms with E-state index in [2.05, 4.69) is 0 Å². The fourth-order valence-electron chi connectivity index (χ4n) is 7.16. The SMILES string of the molecule is COC1=C(c2ccccc2)C=CC(OC)(N(C2(OC)C=CC(c3ccccc3)=C(OC)C2)C2(C(=O)O)C=CC(c3ccccc3)=CC2)C1. The minimum absolute atomic E-state index is 0.149. The number of nitrogens with zero attached hydrogens (tertiary/aromatic N) is 1. The highest BCUT2D eigenvalue weighted by atomic mass is 16.5. The number of carbonyl (C=O) groups is 1. The molecule has 3 aromatic carbocycles. The molecule has 0 bridgehead atoms. The number of hydrogen-bond acceptors (Lipinski definition) is 6. The minimum Gasteiger partial charge on any atom is -0.500 e. The van der Waals surface area contributed by atoms with Crippen molar-refractivity contribution in [2.75, 3.05) is 28.4 Å². The summed E-state index contributed by atoms with van der Waals surface area (Å²) in [5.74, 6) is 0.287. The summed E-state index contributed by atoms with van der Waals surface area (Å²) in [4.78, 5) is 15.7. The summed E-state index contributed by atoms with van der Waals surface area (Å²) in [5, 5.41) is 11.3. The number of benzene rings is 3. The predicted octanol–water partition coefficient (Wildman–Crippen LogP) is 7.88. The van der Waals surface area contributed by atoms with Gasteiger partial charge in [0, 0.05) is 25.4 Å². The molecule has 0 radical (unpaired) electrons. The van der Waals surface area contributed by atoms with Crippen LogP contribution in [0.25, 0.3) is 16.7 Å². The van der Waals surface area contributed by atoms with Crippen LogP contribution < -0.4 is 0 Å². The lowest BCUT2D eigenvalue weighted by molar-refractivity contribution is -0.250. The third-order valence-electron chi connectivity index (χ3n) is 9.62. The first-order valence-corrected chi connectivity index (χ1v) is 16.0. The fourth-order valence-corrected chi connectivity index (χ4v) is 7.16. The molecule has 3 aliphatic carbocycles. The van der Waals surface area contributed by atoms with E-state index in [0.717, 1.165) is 33.4 Å². The molecule has 0 heterocycles. The second kappa shape index (κ2) is 13.6. The van der Waals surface area contributed by atoms with Gasteiger partial charge in [0.1, 0.15) is 17.1 Å². The molecule has 246 valence electrons. The van der Waals surface area contributed by atoms with Gasteiger partial charge in [0.25, 0.3) is 0 Å². The monoisotopic (exact) mass is 643 g/mol. The highest BCUT2D eigenvalue weighted by Gasteiger charge is 2.61. The quantitative estimate of drug-likeness (QED) is 0.213. The van der Waals surface area contributed by atoms with E-state index in [9.17, 15) is 9.90 Å². The van der Waals surface area contributed by atoms with Gasteiger partial charge in [0.05, 0.1) is 27.1 Å². The van der Waals surface area contributed by atoms with E-state index in [4.69, 9.17) is 18.9 Å². The molecule has 7 heteroatoms. The first-order valence-electron chi connectivity index (χ1n) is 16.0. The molecule has 3 aliphatic rings. The van der Waals surface area contributed by atoms with Crippen molar-refractivity contribution in [2.45, 2.75) is 36.3 Å². The number of rotatable bonds is 11. The standard InChI is InChI=1S/C41H41NO6/c1-45-36-28-40(47-3,26-22-34(36)32-16-10-6-11-17-32)42(39(38(43)44)24-20-31(21-25-39)30-14-8-5-9-15-30)41(48-4)27-23-35(37(29-41)46-2)33-18-12-7-13-19-33/h5-24,26-27H,25,28-29H2,1-4H3,(H,43,44). The van der Waals surface area contributed by atoms with Crippen molar-refractivity contribution in [1.29, 1.82) is 0 Å². The summed E-state index contributed by atoms with van der Waals surface area (Å²) < 4.78 is 25.1. The van der Waals surface area contributed by atoms with Crippen molar-refractivity contribution in [3.63, 3.8) is 0 Å². The second-order valence-electron chi connectivity index (χ2n) is 12.1. The number of aliphatic carboxylic acids is 1. The number of carboxylic acid groups (broad SMARTS) is 1. The third-order valence-corrected chi connectivity index (χ3v) is 9.62. The number of ether oxygens (including phenoxy) is 4. The highest BCUT2D eigenvalue weighted by Crippen LogP contribution is 2.51. The van der Waals surface area contributed by atoms with Crippen molar-refractivity contribution < 1.29 is 28.8 Å². The molecule has 3 unspecified atom stereocenters. The molecule has 3 atom stereocenters. The zero-order valence-electron chi connectivity index (χ0n) is 27.8. The fraction of sp³-hybridized carbons (Fsp3) is 0.244. The molecule has 7 nitrogen and oxygen atoms in total. The molecule has 0 aromatic heterocycles. The smallest absolute Gasteiger partial charge is 0.328 e. The molecule has 3 aromatic rings. The Labute approximate surface area is 282 Å². The summed E-state index contributed by atoms with van der Waals surface area (Å²) in [6.07, 6.45) is 14.0. The Morgan fingerprint density at radius 2 is 1.06 bits per heavy atom. The summed E-state index contributed by atoms with van der Waals surface area (Å²) in [6, 6.07) is 29.9. The maximum atomic E-state index is 13.9. The maximum Gasteiger partial charge on any atom is 0.328 e. The maximum absolute atomic E-state index is 13.9. The van der Waals surface area contributed by atoms with Gasteiger partial charge in [-0.3, -0.25) is 0 Å². The van der Waals surface area contributed by atoms with E-state index < -0.39 is 23.0 Å². The summed E-state index contributed by atoms with van der Waals surface area (Å²) >= 11 is 0. The van der Waals surface area contributed by atoms with Crippen molar-refractivity contribution in [2.24, 2.45) is 0 Å². The van der Waals surface area contributed by atoms with Crippen LogP contribution in [0.15, 0.2) is 145 Å². The van der Waals surface area contributed by atoms with Gasteiger partial charge in [-0.25, -0.2) is 9.69 Å². The number of methoxy groups -OCH3 is 4.